The van der Waals surface area contributed by atoms with Gasteiger partial charge in [0, 0.05) is 5.56 Å². The normalized spacial score (nSPS) is 8.95. The van der Waals surface area contributed by atoms with E-state index in [1.807, 2.05) is 50.2 Å². The Balaban J connectivity index is 0.00000128. The summed E-state index contributed by atoms with van der Waals surface area (Å²) in [6.45, 7) is 7.70. The molecule has 0 spiro atoms. The molecule has 0 aromatic heterocycles. The van der Waals surface area contributed by atoms with Crippen molar-refractivity contribution in [2.24, 2.45) is 0 Å². The second kappa shape index (κ2) is 10.6. The summed E-state index contributed by atoms with van der Waals surface area (Å²) < 4.78 is 0. The number of hydrogen-bond acceptors (Lipinski definition) is 1. The first-order chi connectivity index (χ1) is 9.69. The SMILES string of the molecule is CC.CCc1ccc([N-]c2ccc(C(C)=O)cc2)cc1.[Na+]. The Bertz CT molecular complexity index is 532. The molecule has 2 nitrogen and oxygen atoms in total. The number of aryl methyl sites for hydroxylation is 1. The maximum Gasteiger partial charge on any atom is 1.00 e. The molecular formula is C18H22NNaO. The first kappa shape index (κ1) is 19.9. The van der Waals surface area contributed by atoms with Crippen LogP contribution in [0, 0.1) is 0 Å². The molecule has 21 heavy (non-hydrogen) atoms. The smallest absolute Gasteiger partial charge is 0.658 e. The Labute approximate surface area is 150 Å². The average molecular weight is 291 g/mol. The van der Waals surface area contributed by atoms with Crippen molar-refractivity contribution in [2.75, 3.05) is 0 Å². The van der Waals surface area contributed by atoms with E-state index in [0.717, 1.165) is 23.4 Å². The van der Waals surface area contributed by atoms with E-state index in [1.54, 1.807) is 6.92 Å². The molecule has 0 saturated heterocycles. The minimum Gasteiger partial charge on any atom is -0.658 e. The van der Waals surface area contributed by atoms with Gasteiger partial charge in [-0.2, -0.15) is 0 Å². The second-order valence-corrected chi connectivity index (χ2v) is 4.23. The third kappa shape index (κ3) is 6.47. The van der Waals surface area contributed by atoms with Gasteiger partial charge in [-0.1, -0.05) is 69.3 Å². The summed E-state index contributed by atoms with van der Waals surface area (Å²) in [4.78, 5) is 11.2. The van der Waals surface area contributed by atoms with Gasteiger partial charge in [0.25, 0.3) is 0 Å². The number of carbonyl (C=O) groups is 1. The van der Waals surface area contributed by atoms with Crippen molar-refractivity contribution in [3.8, 4) is 0 Å². The van der Waals surface area contributed by atoms with Crippen molar-refractivity contribution >= 4 is 17.2 Å². The maximum atomic E-state index is 11.2. The first-order valence-electron chi connectivity index (χ1n) is 7.10. The molecule has 0 radical (unpaired) electrons. The quantitative estimate of drug-likeness (QED) is 0.629. The van der Waals surface area contributed by atoms with Crippen molar-refractivity contribution in [3.05, 3.63) is 65.0 Å². The summed E-state index contributed by atoms with van der Waals surface area (Å²) in [5, 5.41) is 4.51. The van der Waals surface area contributed by atoms with Gasteiger partial charge in [-0.25, -0.2) is 0 Å². The van der Waals surface area contributed by atoms with Crippen LogP contribution in [0.4, 0.5) is 11.4 Å². The molecule has 0 N–H and O–H groups in total. The molecule has 0 aliphatic carbocycles. The van der Waals surface area contributed by atoms with Crippen LogP contribution in [0.5, 0.6) is 0 Å². The second-order valence-electron chi connectivity index (χ2n) is 4.23. The molecule has 0 heterocycles. The van der Waals surface area contributed by atoms with Gasteiger partial charge in [0.15, 0.2) is 5.78 Å². The third-order valence-electron chi connectivity index (χ3n) is 2.88. The molecule has 2 aromatic carbocycles. The average Bonchev–Trinajstić information content (AvgIpc) is 2.50. The zero-order chi connectivity index (χ0) is 15.0. The standard InChI is InChI=1S/C16H17NO.C2H6.Na/c1-3-13-4-8-15(9-5-13)17-16-10-6-14(7-11-16)12(2)18;1-2;/h4-11H,3H2,1-2H3,(H,17,18);1-2H3;/q;;+1/p-1. The Hall–Kier alpha value is -1.09. The Morgan fingerprint density at radius 2 is 1.33 bits per heavy atom. The number of rotatable bonds is 4. The summed E-state index contributed by atoms with van der Waals surface area (Å²) >= 11 is 0. The molecule has 0 atom stereocenters. The van der Waals surface area contributed by atoms with E-state index in [9.17, 15) is 4.79 Å². The number of Topliss-reactive ketones (excluding diaryl/α,β-unsaturated/α-hetero) is 1. The van der Waals surface area contributed by atoms with Crippen LogP contribution in [-0.2, 0) is 6.42 Å². The van der Waals surface area contributed by atoms with Crippen LogP contribution >= 0.6 is 0 Å². The molecule has 0 aliphatic heterocycles. The number of nitrogens with zero attached hydrogens (tertiary/aromatic N) is 1. The minimum atomic E-state index is 0. The molecule has 0 aliphatic rings. The van der Waals surface area contributed by atoms with Crippen LogP contribution in [-0.4, -0.2) is 5.78 Å². The van der Waals surface area contributed by atoms with Crippen LogP contribution in [0.25, 0.3) is 5.32 Å². The molecule has 0 amide bonds. The number of benzene rings is 2. The fraction of sp³-hybridized carbons (Fsp3) is 0.278. The largest absolute Gasteiger partial charge is 1.00 e. The molecule has 0 bridgehead atoms. The molecule has 0 saturated carbocycles. The van der Waals surface area contributed by atoms with Gasteiger partial charge in [-0.3, -0.25) is 4.79 Å². The third-order valence-corrected chi connectivity index (χ3v) is 2.88. The van der Waals surface area contributed by atoms with E-state index in [1.165, 1.54) is 5.56 Å². The van der Waals surface area contributed by atoms with Gasteiger partial charge in [-0.15, -0.1) is 11.4 Å². The van der Waals surface area contributed by atoms with Gasteiger partial charge in [0.05, 0.1) is 0 Å². The summed E-state index contributed by atoms with van der Waals surface area (Å²) in [5.41, 5.74) is 3.82. The van der Waals surface area contributed by atoms with E-state index in [0.29, 0.717) is 0 Å². The fourth-order valence-electron chi connectivity index (χ4n) is 1.73. The summed E-state index contributed by atoms with van der Waals surface area (Å²) in [6.07, 6.45) is 1.04. The Kier molecular flexibility index (Phi) is 10.1. The van der Waals surface area contributed by atoms with Crippen LogP contribution in [0.2, 0.25) is 0 Å². The summed E-state index contributed by atoms with van der Waals surface area (Å²) in [7, 11) is 0. The summed E-state index contributed by atoms with van der Waals surface area (Å²) in [5.74, 6) is 0.0776. The van der Waals surface area contributed by atoms with Crippen LogP contribution in [0.3, 0.4) is 0 Å². The predicted molar refractivity (Wildman–Crippen MR) is 86.3 cm³/mol. The van der Waals surface area contributed by atoms with Crippen molar-refractivity contribution in [3.63, 3.8) is 0 Å². The van der Waals surface area contributed by atoms with Crippen molar-refractivity contribution in [1.82, 2.24) is 0 Å². The van der Waals surface area contributed by atoms with E-state index in [2.05, 4.69) is 24.4 Å². The summed E-state index contributed by atoms with van der Waals surface area (Å²) in [6, 6.07) is 15.5. The van der Waals surface area contributed by atoms with Gasteiger partial charge in [-0.05, 0) is 18.9 Å². The maximum absolute atomic E-state index is 11.2. The van der Waals surface area contributed by atoms with Gasteiger partial charge >= 0.3 is 29.6 Å². The molecular weight excluding hydrogens is 269 g/mol. The van der Waals surface area contributed by atoms with E-state index < -0.39 is 0 Å². The molecule has 106 valence electrons. The first-order valence-corrected chi connectivity index (χ1v) is 7.10. The molecule has 0 unspecified atom stereocenters. The van der Waals surface area contributed by atoms with Crippen molar-refractivity contribution in [1.29, 1.82) is 0 Å². The number of hydrogen-bond donors (Lipinski definition) is 0. The molecule has 0 fully saturated rings. The number of carbonyl (C=O) groups excluding carboxylic acids is 1. The van der Waals surface area contributed by atoms with Crippen LogP contribution < -0.4 is 29.6 Å². The molecule has 2 rings (SSSR count). The molecule has 3 heteroatoms. The number of ketones is 1. The van der Waals surface area contributed by atoms with E-state index >= 15 is 0 Å². The van der Waals surface area contributed by atoms with E-state index in [-0.39, 0.29) is 35.3 Å². The van der Waals surface area contributed by atoms with Gasteiger partial charge < -0.3 is 5.32 Å². The fourth-order valence-corrected chi connectivity index (χ4v) is 1.73. The zero-order valence-corrected chi connectivity index (χ0v) is 15.7. The molecule has 2 aromatic rings. The monoisotopic (exact) mass is 291 g/mol. The van der Waals surface area contributed by atoms with Crippen molar-refractivity contribution in [2.45, 2.75) is 34.1 Å². The topological polar surface area (TPSA) is 31.2 Å². The Morgan fingerprint density at radius 1 is 0.905 bits per heavy atom. The van der Waals surface area contributed by atoms with Gasteiger partial charge in [0.2, 0.25) is 0 Å². The van der Waals surface area contributed by atoms with Crippen LogP contribution in [0.15, 0.2) is 48.5 Å². The van der Waals surface area contributed by atoms with E-state index in [4.69, 9.17) is 0 Å². The zero-order valence-electron chi connectivity index (χ0n) is 13.7. The predicted octanol–water partition coefficient (Wildman–Crippen LogP) is 2.82. The Morgan fingerprint density at radius 3 is 1.71 bits per heavy atom. The minimum absolute atomic E-state index is 0. The van der Waals surface area contributed by atoms with Crippen LogP contribution in [0.1, 0.15) is 43.6 Å². The van der Waals surface area contributed by atoms with Gasteiger partial charge in [0.1, 0.15) is 0 Å². The van der Waals surface area contributed by atoms with Crippen molar-refractivity contribution < 1.29 is 34.4 Å².